The molecule has 1 aromatic rings. The second kappa shape index (κ2) is 13.1. The molecule has 2 amide bonds. The summed E-state index contributed by atoms with van der Waals surface area (Å²) in [6.45, 7) is 0.179. The van der Waals surface area contributed by atoms with Gasteiger partial charge in [-0.2, -0.15) is 4.31 Å². The first-order chi connectivity index (χ1) is 18.2. The molecular weight excluding hydrogens is 506 g/mol. The van der Waals surface area contributed by atoms with E-state index in [2.05, 4.69) is 5.32 Å². The number of nitrogens with one attached hydrogen (secondary N) is 1. The molecule has 38 heavy (non-hydrogen) atoms. The molecule has 2 atom stereocenters. The summed E-state index contributed by atoms with van der Waals surface area (Å²) in [5.74, 6) is -1.59. The number of rotatable bonds is 11. The van der Waals surface area contributed by atoms with Crippen molar-refractivity contribution < 1.29 is 27.9 Å². The van der Waals surface area contributed by atoms with Gasteiger partial charge in [0.25, 0.3) is 5.91 Å². The minimum absolute atomic E-state index is 0.0195. The number of sulfonamides is 1. The van der Waals surface area contributed by atoms with Crippen molar-refractivity contribution in [1.29, 1.82) is 0 Å². The molecule has 1 aromatic carbocycles. The molecule has 10 heteroatoms. The van der Waals surface area contributed by atoms with Crippen LogP contribution >= 0.6 is 0 Å². The molecule has 1 saturated heterocycles. The number of aliphatic carboxylic acids is 1. The average Bonchev–Trinajstić information content (AvgIpc) is 3.58. The molecule has 0 bridgehead atoms. The lowest BCUT2D eigenvalue weighted by Gasteiger charge is -2.34. The van der Waals surface area contributed by atoms with Crippen LogP contribution in [0.1, 0.15) is 82.6 Å². The van der Waals surface area contributed by atoms with Crippen LogP contribution in [0.2, 0.25) is 0 Å². The van der Waals surface area contributed by atoms with Crippen molar-refractivity contribution in [2.45, 2.75) is 95.0 Å². The molecule has 2 saturated carbocycles. The van der Waals surface area contributed by atoms with Gasteiger partial charge in [0, 0.05) is 25.6 Å². The molecular formula is C28H41N3O6S. The standard InChI is InChI=1S/C28H41N3O6S/c32-25(16-15-21-9-7-8-10-21)30-17-18-31(38(36,37)20-22-11-3-1-4-12-22)28(30)27(35)29-24(19-26(33)34)23-13-5-2-6-14-23/h1,3-4,11-12,21,23-24,28H,2,5-10,13-20H2,(H,29,35)(H,33,34). The lowest BCUT2D eigenvalue weighted by atomic mass is 9.82. The monoisotopic (exact) mass is 547 g/mol. The fraction of sp³-hybridized carbons (Fsp3) is 0.679. The number of carboxylic acid groups (broad SMARTS) is 1. The van der Waals surface area contributed by atoms with Gasteiger partial charge in [-0.15, -0.1) is 0 Å². The van der Waals surface area contributed by atoms with Gasteiger partial charge in [0.2, 0.25) is 15.9 Å². The second-order valence-corrected chi connectivity index (χ2v) is 13.0. The van der Waals surface area contributed by atoms with Gasteiger partial charge < -0.3 is 15.3 Å². The molecule has 210 valence electrons. The maximum Gasteiger partial charge on any atom is 0.305 e. The summed E-state index contributed by atoms with van der Waals surface area (Å²) in [6.07, 6.45) is 8.72. The Bertz CT molecular complexity index is 1070. The normalized spacial score (nSPS) is 22.4. The van der Waals surface area contributed by atoms with Crippen LogP contribution < -0.4 is 5.32 Å². The minimum Gasteiger partial charge on any atom is -0.481 e. The molecule has 3 aliphatic rings. The van der Waals surface area contributed by atoms with Crippen molar-refractivity contribution in [1.82, 2.24) is 14.5 Å². The molecule has 1 aliphatic heterocycles. The Hall–Kier alpha value is -2.46. The molecule has 0 aromatic heterocycles. The first-order valence-electron chi connectivity index (χ1n) is 14.1. The van der Waals surface area contributed by atoms with E-state index in [9.17, 15) is 27.9 Å². The Morgan fingerprint density at radius 2 is 1.61 bits per heavy atom. The minimum atomic E-state index is -3.93. The Labute approximate surface area is 226 Å². The van der Waals surface area contributed by atoms with E-state index in [-0.39, 0.29) is 43.5 Å². The molecule has 0 radical (unpaired) electrons. The summed E-state index contributed by atoms with van der Waals surface area (Å²) in [4.78, 5) is 40.1. The van der Waals surface area contributed by atoms with Crippen LogP contribution in [0.4, 0.5) is 0 Å². The van der Waals surface area contributed by atoms with Gasteiger partial charge in [-0.25, -0.2) is 8.42 Å². The zero-order valence-electron chi connectivity index (χ0n) is 22.1. The highest BCUT2D eigenvalue weighted by Crippen LogP contribution is 2.31. The van der Waals surface area contributed by atoms with Crippen molar-refractivity contribution in [3.8, 4) is 0 Å². The molecule has 4 rings (SSSR count). The zero-order valence-corrected chi connectivity index (χ0v) is 22.9. The Morgan fingerprint density at radius 1 is 0.947 bits per heavy atom. The van der Waals surface area contributed by atoms with E-state index in [1.165, 1.54) is 17.7 Å². The summed E-state index contributed by atoms with van der Waals surface area (Å²) >= 11 is 0. The highest BCUT2D eigenvalue weighted by molar-refractivity contribution is 7.88. The number of carbonyl (C=O) groups is 3. The van der Waals surface area contributed by atoms with Crippen molar-refractivity contribution in [2.24, 2.45) is 11.8 Å². The van der Waals surface area contributed by atoms with Gasteiger partial charge in [-0.05, 0) is 36.7 Å². The van der Waals surface area contributed by atoms with Crippen LogP contribution in [0, 0.1) is 11.8 Å². The van der Waals surface area contributed by atoms with Gasteiger partial charge in [-0.1, -0.05) is 75.3 Å². The number of amides is 2. The number of carboxylic acids is 1. The summed E-state index contributed by atoms with van der Waals surface area (Å²) < 4.78 is 28.2. The van der Waals surface area contributed by atoms with Crippen LogP contribution in [0.3, 0.4) is 0 Å². The van der Waals surface area contributed by atoms with Gasteiger partial charge >= 0.3 is 5.97 Å². The van der Waals surface area contributed by atoms with E-state index in [0.717, 1.165) is 55.7 Å². The Kier molecular flexibility index (Phi) is 9.81. The first kappa shape index (κ1) is 28.5. The number of benzene rings is 1. The van der Waals surface area contributed by atoms with E-state index >= 15 is 0 Å². The van der Waals surface area contributed by atoms with Gasteiger partial charge in [-0.3, -0.25) is 14.4 Å². The topological polar surface area (TPSA) is 124 Å². The number of nitrogens with zero attached hydrogens (tertiary/aromatic N) is 2. The van der Waals surface area contributed by atoms with Crippen molar-refractivity contribution in [3.63, 3.8) is 0 Å². The summed E-state index contributed by atoms with van der Waals surface area (Å²) in [7, 11) is -3.93. The first-order valence-corrected chi connectivity index (χ1v) is 15.7. The Morgan fingerprint density at radius 3 is 2.26 bits per heavy atom. The fourth-order valence-electron chi connectivity index (χ4n) is 6.39. The summed E-state index contributed by atoms with van der Waals surface area (Å²) in [5.41, 5.74) is 0.601. The smallest absolute Gasteiger partial charge is 0.305 e. The molecule has 1 heterocycles. The third-order valence-electron chi connectivity index (χ3n) is 8.42. The molecule has 0 spiro atoms. The van der Waals surface area contributed by atoms with Crippen LogP contribution in [0.5, 0.6) is 0 Å². The number of carbonyl (C=O) groups excluding carboxylic acids is 2. The van der Waals surface area contributed by atoms with Gasteiger partial charge in [0.05, 0.1) is 12.2 Å². The van der Waals surface area contributed by atoms with E-state index in [4.69, 9.17) is 0 Å². The third kappa shape index (κ3) is 7.34. The highest BCUT2D eigenvalue weighted by atomic mass is 32.2. The number of hydrogen-bond donors (Lipinski definition) is 2. The van der Waals surface area contributed by atoms with Crippen LogP contribution in [0.15, 0.2) is 30.3 Å². The fourth-order valence-corrected chi connectivity index (χ4v) is 8.04. The van der Waals surface area contributed by atoms with Crippen molar-refractivity contribution >= 4 is 27.8 Å². The van der Waals surface area contributed by atoms with E-state index in [1.807, 2.05) is 0 Å². The predicted molar refractivity (Wildman–Crippen MR) is 143 cm³/mol. The molecule has 9 nitrogen and oxygen atoms in total. The molecule has 2 aliphatic carbocycles. The molecule has 2 unspecified atom stereocenters. The lowest BCUT2D eigenvalue weighted by molar-refractivity contribution is -0.142. The third-order valence-corrected chi connectivity index (χ3v) is 10.2. The second-order valence-electron chi connectivity index (χ2n) is 11.1. The summed E-state index contributed by atoms with van der Waals surface area (Å²) in [5, 5.41) is 12.4. The highest BCUT2D eigenvalue weighted by Gasteiger charge is 2.46. The quantitative estimate of drug-likeness (QED) is 0.437. The predicted octanol–water partition coefficient (Wildman–Crippen LogP) is 3.50. The van der Waals surface area contributed by atoms with Crippen molar-refractivity contribution in [3.05, 3.63) is 35.9 Å². The Balaban J connectivity index is 1.55. The average molecular weight is 548 g/mol. The van der Waals surface area contributed by atoms with E-state index < -0.39 is 34.1 Å². The zero-order chi connectivity index (χ0) is 27.1. The van der Waals surface area contributed by atoms with E-state index in [0.29, 0.717) is 11.5 Å². The summed E-state index contributed by atoms with van der Waals surface area (Å²) in [6, 6.07) is 8.17. The molecule has 2 N–H and O–H groups in total. The van der Waals surface area contributed by atoms with Gasteiger partial charge in [0.15, 0.2) is 6.17 Å². The molecule has 3 fully saturated rings. The number of hydrogen-bond acceptors (Lipinski definition) is 5. The van der Waals surface area contributed by atoms with E-state index in [1.54, 1.807) is 30.3 Å². The van der Waals surface area contributed by atoms with Crippen LogP contribution in [-0.4, -0.2) is 65.8 Å². The van der Waals surface area contributed by atoms with Gasteiger partial charge in [0.1, 0.15) is 0 Å². The lowest BCUT2D eigenvalue weighted by Crippen LogP contribution is -2.57. The van der Waals surface area contributed by atoms with Crippen LogP contribution in [0.25, 0.3) is 0 Å². The SMILES string of the molecule is O=C(O)CC(NC(=O)C1N(C(=O)CCC2CCCC2)CCN1S(=O)(=O)Cc1ccccc1)C1CCCCC1. The maximum atomic E-state index is 13.8. The maximum absolute atomic E-state index is 13.8. The van der Waals surface area contributed by atoms with Crippen LogP contribution in [-0.2, 0) is 30.2 Å². The van der Waals surface area contributed by atoms with Crippen molar-refractivity contribution in [2.75, 3.05) is 13.1 Å². The largest absolute Gasteiger partial charge is 0.481 e.